The number of aromatic nitrogens is 2. The lowest BCUT2D eigenvalue weighted by molar-refractivity contribution is 0.0952. The Morgan fingerprint density at radius 3 is 2.76 bits per heavy atom. The van der Waals surface area contributed by atoms with E-state index in [4.69, 9.17) is 4.42 Å². The summed E-state index contributed by atoms with van der Waals surface area (Å²) in [6, 6.07) is 7.88. The van der Waals surface area contributed by atoms with Gasteiger partial charge in [0.15, 0.2) is 0 Å². The van der Waals surface area contributed by atoms with Gasteiger partial charge in [-0.3, -0.25) is 9.89 Å². The summed E-state index contributed by atoms with van der Waals surface area (Å²) in [6.07, 6.45) is 4.82. The lowest BCUT2D eigenvalue weighted by Gasteiger charge is -2.11. The highest BCUT2D eigenvalue weighted by atomic mass is 32.2. The van der Waals surface area contributed by atoms with Gasteiger partial charge in [-0.1, -0.05) is 6.07 Å². The second kappa shape index (κ2) is 9.06. The molecule has 29 heavy (non-hydrogen) atoms. The number of hydrogen-bond acceptors (Lipinski definition) is 5. The van der Waals surface area contributed by atoms with E-state index in [-0.39, 0.29) is 17.3 Å². The first kappa shape index (κ1) is 20.8. The average molecular weight is 417 g/mol. The fraction of sp³-hybridized carbons (Fsp3) is 0.300. The van der Waals surface area contributed by atoms with E-state index >= 15 is 0 Å². The predicted molar refractivity (Wildman–Crippen MR) is 108 cm³/mol. The smallest absolute Gasteiger partial charge is 0.251 e. The van der Waals surface area contributed by atoms with Crippen LogP contribution in [0, 0.1) is 13.8 Å². The van der Waals surface area contributed by atoms with Crippen molar-refractivity contribution in [3.63, 3.8) is 0 Å². The molecule has 0 aliphatic heterocycles. The van der Waals surface area contributed by atoms with Gasteiger partial charge in [-0.05, 0) is 62.1 Å². The number of furan rings is 1. The van der Waals surface area contributed by atoms with Crippen molar-refractivity contribution in [2.24, 2.45) is 0 Å². The largest absolute Gasteiger partial charge is 0.468 e. The van der Waals surface area contributed by atoms with Crippen molar-refractivity contribution in [1.82, 2.24) is 20.2 Å². The molecule has 0 bridgehead atoms. The normalized spacial score (nSPS) is 11.5. The molecule has 0 atom stereocenters. The van der Waals surface area contributed by atoms with Gasteiger partial charge in [0, 0.05) is 17.8 Å². The van der Waals surface area contributed by atoms with Gasteiger partial charge < -0.3 is 9.73 Å². The fourth-order valence-corrected chi connectivity index (χ4v) is 3.90. The van der Waals surface area contributed by atoms with Crippen LogP contribution in [0.1, 0.15) is 39.4 Å². The highest BCUT2D eigenvalue weighted by Crippen LogP contribution is 2.16. The van der Waals surface area contributed by atoms with Gasteiger partial charge in [-0.2, -0.15) is 5.10 Å². The average Bonchev–Trinajstić information content (AvgIpc) is 3.35. The van der Waals surface area contributed by atoms with Gasteiger partial charge in [-0.15, -0.1) is 0 Å². The van der Waals surface area contributed by atoms with E-state index in [1.54, 1.807) is 31.3 Å². The zero-order valence-electron chi connectivity index (χ0n) is 16.4. The van der Waals surface area contributed by atoms with Crippen LogP contribution in [0.5, 0.6) is 0 Å². The molecule has 0 aliphatic carbocycles. The molecule has 2 aromatic heterocycles. The third kappa shape index (κ3) is 5.33. The summed E-state index contributed by atoms with van der Waals surface area (Å²) in [6.45, 7) is 4.25. The Balaban J connectivity index is 1.61. The fourth-order valence-electron chi connectivity index (χ4n) is 2.88. The summed E-state index contributed by atoms with van der Waals surface area (Å²) < 4.78 is 32.7. The Labute approximate surface area is 169 Å². The first-order valence-corrected chi connectivity index (χ1v) is 10.7. The van der Waals surface area contributed by atoms with Crippen molar-refractivity contribution in [2.75, 3.05) is 6.54 Å². The van der Waals surface area contributed by atoms with E-state index in [0.717, 1.165) is 24.1 Å². The van der Waals surface area contributed by atoms with Crippen LogP contribution in [-0.2, 0) is 23.0 Å². The van der Waals surface area contributed by atoms with E-state index in [1.165, 1.54) is 18.4 Å². The number of nitrogens with one attached hydrogen (secondary N) is 3. The van der Waals surface area contributed by atoms with Crippen LogP contribution in [0.25, 0.3) is 0 Å². The predicted octanol–water partition coefficient (Wildman–Crippen LogP) is 2.46. The molecular weight excluding hydrogens is 392 g/mol. The van der Waals surface area contributed by atoms with Gasteiger partial charge in [-0.25, -0.2) is 13.1 Å². The number of sulfonamides is 1. The van der Waals surface area contributed by atoms with Crippen molar-refractivity contribution in [3.8, 4) is 0 Å². The minimum Gasteiger partial charge on any atom is -0.468 e. The molecule has 9 heteroatoms. The number of carbonyl (C=O) groups is 1. The Morgan fingerprint density at radius 2 is 2.07 bits per heavy atom. The van der Waals surface area contributed by atoms with Crippen LogP contribution in [-0.4, -0.2) is 31.1 Å². The first-order valence-electron chi connectivity index (χ1n) is 9.26. The first-order chi connectivity index (χ1) is 13.9. The maximum atomic E-state index is 12.6. The van der Waals surface area contributed by atoms with Crippen LogP contribution in [0.2, 0.25) is 0 Å². The molecule has 0 aliphatic rings. The molecule has 154 valence electrons. The number of rotatable bonds is 9. The van der Waals surface area contributed by atoms with Crippen molar-refractivity contribution in [2.45, 2.75) is 38.1 Å². The van der Waals surface area contributed by atoms with Crippen molar-refractivity contribution in [3.05, 3.63) is 70.9 Å². The Morgan fingerprint density at radius 1 is 1.24 bits per heavy atom. The molecule has 3 N–H and O–H groups in total. The molecule has 3 rings (SSSR count). The number of carbonyl (C=O) groups excluding carboxylic acids is 1. The molecule has 0 spiro atoms. The van der Waals surface area contributed by atoms with Crippen LogP contribution in [0.15, 0.2) is 52.1 Å². The number of nitrogens with zero attached hydrogens (tertiary/aromatic N) is 1. The molecule has 8 nitrogen and oxygen atoms in total. The van der Waals surface area contributed by atoms with E-state index in [1.807, 2.05) is 6.92 Å². The third-order valence-corrected chi connectivity index (χ3v) is 6.02. The SMILES string of the molecule is Cc1ccc(S(=O)(=O)NCc2ccco2)cc1C(=O)NCCCc1cn[nH]c1C. The Hall–Kier alpha value is -2.91. The summed E-state index contributed by atoms with van der Waals surface area (Å²) in [5.41, 5.74) is 3.18. The quantitative estimate of drug-likeness (QED) is 0.463. The van der Waals surface area contributed by atoms with Crippen molar-refractivity contribution < 1.29 is 17.6 Å². The van der Waals surface area contributed by atoms with Gasteiger partial charge in [0.2, 0.25) is 10.0 Å². The third-order valence-electron chi connectivity index (χ3n) is 4.62. The van der Waals surface area contributed by atoms with E-state index in [0.29, 0.717) is 23.4 Å². The Kier molecular flexibility index (Phi) is 6.50. The topological polar surface area (TPSA) is 117 Å². The number of amides is 1. The summed E-state index contributed by atoms with van der Waals surface area (Å²) in [5.74, 6) is 0.209. The molecule has 0 saturated heterocycles. The number of hydrogen-bond donors (Lipinski definition) is 3. The standard InChI is InChI=1S/C20H24N4O4S/c1-14-7-8-18(29(26,27)23-13-17-6-4-10-28-17)11-19(14)20(25)21-9-3-5-16-12-22-24-15(16)2/h4,6-8,10-12,23H,3,5,9,13H2,1-2H3,(H,21,25)(H,22,24). The summed E-state index contributed by atoms with van der Waals surface area (Å²) in [5, 5.41) is 9.72. The summed E-state index contributed by atoms with van der Waals surface area (Å²) >= 11 is 0. The monoisotopic (exact) mass is 416 g/mol. The highest BCUT2D eigenvalue weighted by Gasteiger charge is 2.18. The van der Waals surface area contributed by atoms with Crippen LogP contribution in [0.4, 0.5) is 0 Å². The highest BCUT2D eigenvalue weighted by molar-refractivity contribution is 7.89. The number of aryl methyl sites for hydroxylation is 3. The lowest BCUT2D eigenvalue weighted by Crippen LogP contribution is -2.27. The van der Waals surface area contributed by atoms with Gasteiger partial charge in [0.1, 0.15) is 5.76 Å². The second-order valence-corrected chi connectivity index (χ2v) is 8.53. The molecule has 0 saturated carbocycles. The maximum Gasteiger partial charge on any atom is 0.251 e. The molecule has 1 aromatic carbocycles. The maximum absolute atomic E-state index is 12.6. The molecule has 0 fully saturated rings. The number of H-pyrrole nitrogens is 1. The van der Waals surface area contributed by atoms with Crippen LogP contribution < -0.4 is 10.0 Å². The van der Waals surface area contributed by atoms with E-state index in [2.05, 4.69) is 20.2 Å². The van der Waals surface area contributed by atoms with Crippen molar-refractivity contribution >= 4 is 15.9 Å². The molecular formula is C20H24N4O4S. The van der Waals surface area contributed by atoms with Crippen LogP contribution in [0.3, 0.4) is 0 Å². The molecule has 3 aromatic rings. The summed E-state index contributed by atoms with van der Waals surface area (Å²) in [7, 11) is -3.77. The van der Waals surface area contributed by atoms with Gasteiger partial charge in [0.05, 0.1) is 23.9 Å². The number of benzene rings is 1. The van der Waals surface area contributed by atoms with E-state index < -0.39 is 10.0 Å². The van der Waals surface area contributed by atoms with Crippen molar-refractivity contribution in [1.29, 1.82) is 0 Å². The van der Waals surface area contributed by atoms with Gasteiger partial charge in [0.25, 0.3) is 5.91 Å². The van der Waals surface area contributed by atoms with Gasteiger partial charge >= 0.3 is 0 Å². The number of aromatic amines is 1. The zero-order chi connectivity index (χ0) is 20.9. The lowest BCUT2D eigenvalue weighted by atomic mass is 10.1. The molecule has 0 radical (unpaired) electrons. The molecule has 2 heterocycles. The zero-order valence-corrected chi connectivity index (χ0v) is 17.2. The minimum absolute atomic E-state index is 0.0360. The second-order valence-electron chi connectivity index (χ2n) is 6.76. The molecule has 0 unspecified atom stereocenters. The van der Waals surface area contributed by atoms with Crippen LogP contribution >= 0.6 is 0 Å². The van der Waals surface area contributed by atoms with E-state index in [9.17, 15) is 13.2 Å². The summed E-state index contributed by atoms with van der Waals surface area (Å²) in [4.78, 5) is 12.6. The molecule has 1 amide bonds. The minimum atomic E-state index is -3.77. The Bertz CT molecular complexity index is 1070.